The molecule has 3 rings (SSSR count). The predicted molar refractivity (Wildman–Crippen MR) is 102 cm³/mol. The van der Waals surface area contributed by atoms with E-state index in [9.17, 15) is 4.79 Å². The normalized spacial score (nSPS) is 20.2. The van der Waals surface area contributed by atoms with Gasteiger partial charge in [0, 0.05) is 37.5 Å². The van der Waals surface area contributed by atoms with Crippen molar-refractivity contribution in [2.75, 3.05) is 25.5 Å². The van der Waals surface area contributed by atoms with E-state index in [-0.39, 0.29) is 18.2 Å². The minimum Gasteiger partial charge on any atom is -0.378 e. The van der Waals surface area contributed by atoms with Crippen LogP contribution in [0.25, 0.3) is 11.4 Å². The quantitative estimate of drug-likeness (QED) is 0.823. The first-order valence-electron chi connectivity index (χ1n) is 9.06. The molecular weight excluding hydrogens is 346 g/mol. The van der Waals surface area contributed by atoms with Crippen molar-refractivity contribution in [1.29, 1.82) is 0 Å². The smallest absolute Gasteiger partial charge is 0.319 e. The molecular formula is C18H27N7O2. The van der Waals surface area contributed by atoms with Gasteiger partial charge < -0.3 is 15.4 Å². The monoisotopic (exact) mass is 373 g/mol. The number of nitrogens with zero attached hydrogens (tertiary/aromatic N) is 5. The Bertz CT molecular complexity index is 805. The molecule has 1 saturated heterocycles. The van der Waals surface area contributed by atoms with Gasteiger partial charge in [-0.3, -0.25) is 4.90 Å². The zero-order valence-corrected chi connectivity index (χ0v) is 16.4. The van der Waals surface area contributed by atoms with E-state index >= 15 is 0 Å². The molecule has 1 aromatic heterocycles. The average molecular weight is 373 g/mol. The number of rotatable bonds is 5. The Labute approximate surface area is 159 Å². The highest BCUT2D eigenvalue weighted by molar-refractivity contribution is 5.91. The molecule has 9 heteroatoms. The Morgan fingerprint density at radius 1 is 1.33 bits per heavy atom. The van der Waals surface area contributed by atoms with Gasteiger partial charge in [0.25, 0.3) is 0 Å². The number of aryl methyl sites for hydroxylation is 2. The van der Waals surface area contributed by atoms with Crippen LogP contribution in [0.3, 0.4) is 0 Å². The second-order valence-corrected chi connectivity index (χ2v) is 7.16. The van der Waals surface area contributed by atoms with Crippen molar-refractivity contribution in [1.82, 2.24) is 30.4 Å². The Hall–Kier alpha value is -2.52. The molecule has 146 valence electrons. The van der Waals surface area contributed by atoms with E-state index in [0.717, 1.165) is 24.2 Å². The molecule has 0 bridgehead atoms. The van der Waals surface area contributed by atoms with Crippen molar-refractivity contribution in [2.45, 2.75) is 39.0 Å². The van der Waals surface area contributed by atoms with Crippen molar-refractivity contribution in [3.05, 3.63) is 23.8 Å². The number of anilines is 1. The van der Waals surface area contributed by atoms with Crippen LogP contribution in [-0.4, -0.2) is 69.5 Å². The minimum atomic E-state index is -0.250. The number of ether oxygens (including phenoxy) is 1. The second-order valence-electron chi connectivity index (χ2n) is 7.16. The number of amides is 2. The van der Waals surface area contributed by atoms with E-state index in [0.29, 0.717) is 17.6 Å². The van der Waals surface area contributed by atoms with Gasteiger partial charge in [-0.25, -0.2) is 4.79 Å². The van der Waals surface area contributed by atoms with Gasteiger partial charge in [-0.15, -0.1) is 10.2 Å². The summed E-state index contributed by atoms with van der Waals surface area (Å²) in [6.07, 6.45) is -0.0191. The number of benzene rings is 1. The van der Waals surface area contributed by atoms with Gasteiger partial charge in [0.05, 0.1) is 19.2 Å². The van der Waals surface area contributed by atoms with Crippen LogP contribution in [0.1, 0.15) is 19.4 Å². The second kappa shape index (κ2) is 8.01. The molecule has 0 aliphatic carbocycles. The number of aromatic nitrogens is 4. The van der Waals surface area contributed by atoms with Crippen LogP contribution in [0.5, 0.6) is 0 Å². The highest BCUT2D eigenvalue weighted by Crippen LogP contribution is 2.23. The zero-order chi connectivity index (χ0) is 19.6. The molecule has 2 N–H and O–H groups in total. The fourth-order valence-electron chi connectivity index (χ4n) is 3.22. The summed E-state index contributed by atoms with van der Waals surface area (Å²) >= 11 is 0. The lowest BCUT2D eigenvalue weighted by Gasteiger charge is -2.20. The average Bonchev–Trinajstić information content (AvgIpc) is 3.23. The summed E-state index contributed by atoms with van der Waals surface area (Å²) < 4.78 is 5.55. The number of carbonyl (C=O) groups is 1. The summed E-state index contributed by atoms with van der Waals surface area (Å²) in [5.74, 6) is 0.517. The highest BCUT2D eigenvalue weighted by atomic mass is 16.5. The molecule has 2 heterocycles. The van der Waals surface area contributed by atoms with Gasteiger partial charge in [0.2, 0.25) is 5.82 Å². The fraction of sp³-hybridized carbons (Fsp3) is 0.556. The first-order chi connectivity index (χ1) is 12.9. The van der Waals surface area contributed by atoms with Crippen molar-refractivity contribution in [3.63, 3.8) is 0 Å². The molecule has 0 saturated carbocycles. The largest absolute Gasteiger partial charge is 0.378 e. The lowest BCUT2D eigenvalue weighted by Crippen LogP contribution is -2.45. The summed E-state index contributed by atoms with van der Waals surface area (Å²) in [7, 11) is 3.40. The number of urea groups is 1. The van der Waals surface area contributed by atoms with Crippen LogP contribution < -0.4 is 10.6 Å². The Kier molecular flexibility index (Phi) is 5.71. The van der Waals surface area contributed by atoms with Gasteiger partial charge in [-0.2, -0.15) is 4.80 Å². The standard InChI is InChI=1S/C18H27N7O2/c1-11(2)25-9-15(16(10-25)27-5)20-18(26)19-14-8-13(7-6-12(14)3)17-21-23-24(4)22-17/h6-8,11,15-16H,9-10H2,1-5H3,(H2,19,20,26)/t15-,16-/m0/s1. The van der Waals surface area contributed by atoms with Gasteiger partial charge in [0.1, 0.15) is 0 Å². The molecule has 2 aromatic rings. The highest BCUT2D eigenvalue weighted by Gasteiger charge is 2.35. The van der Waals surface area contributed by atoms with Gasteiger partial charge in [-0.1, -0.05) is 12.1 Å². The number of hydrogen-bond donors (Lipinski definition) is 2. The molecule has 1 aromatic carbocycles. The molecule has 1 aliphatic rings. The first-order valence-corrected chi connectivity index (χ1v) is 9.06. The van der Waals surface area contributed by atoms with E-state index < -0.39 is 0 Å². The minimum absolute atomic E-state index is 0.0191. The molecule has 9 nitrogen and oxygen atoms in total. The summed E-state index contributed by atoms with van der Waals surface area (Å²) in [5, 5.41) is 18.0. The van der Waals surface area contributed by atoms with E-state index in [4.69, 9.17) is 4.74 Å². The van der Waals surface area contributed by atoms with Crippen molar-refractivity contribution in [2.24, 2.45) is 7.05 Å². The maximum absolute atomic E-state index is 12.6. The van der Waals surface area contributed by atoms with Gasteiger partial charge in [0.15, 0.2) is 0 Å². The van der Waals surface area contributed by atoms with Crippen LogP contribution in [0, 0.1) is 6.92 Å². The van der Waals surface area contributed by atoms with Gasteiger partial charge in [-0.05, 0) is 37.6 Å². The molecule has 0 spiro atoms. The summed E-state index contributed by atoms with van der Waals surface area (Å²) in [5.41, 5.74) is 2.46. The number of hydrogen-bond acceptors (Lipinski definition) is 6. The van der Waals surface area contributed by atoms with E-state index in [1.165, 1.54) is 4.80 Å². The van der Waals surface area contributed by atoms with Crippen molar-refractivity contribution in [3.8, 4) is 11.4 Å². The van der Waals surface area contributed by atoms with Crippen LogP contribution in [0.2, 0.25) is 0 Å². The SMILES string of the molecule is CO[C@H]1CN(C(C)C)C[C@@H]1NC(=O)Nc1cc(-c2nnn(C)n2)ccc1C. The molecule has 0 radical (unpaired) electrons. The van der Waals surface area contributed by atoms with E-state index in [1.807, 2.05) is 25.1 Å². The Morgan fingerprint density at radius 3 is 2.74 bits per heavy atom. The zero-order valence-electron chi connectivity index (χ0n) is 16.4. The van der Waals surface area contributed by atoms with Crippen LogP contribution in [-0.2, 0) is 11.8 Å². The maximum Gasteiger partial charge on any atom is 0.319 e. The lowest BCUT2D eigenvalue weighted by atomic mass is 10.1. The van der Waals surface area contributed by atoms with E-state index in [2.05, 4.69) is 44.8 Å². The number of methoxy groups -OCH3 is 1. The number of likely N-dealkylation sites (tertiary alicyclic amines) is 1. The summed E-state index contributed by atoms with van der Waals surface area (Å²) in [6.45, 7) is 7.81. The molecule has 2 atom stereocenters. The number of carbonyl (C=O) groups excluding carboxylic acids is 1. The number of tetrazole rings is 1. The molecule has 0 unspecified atom stereocenters. The first kappa shape index (κ1) is 19.2. The molecule has 1 aliphatic heterocycles. The maximum atomic E-state index is 12.6. The van der Waals surface area contributed by atoms with Gasteiger partial charge >= 0.3 is 6.03 Å². The van der Waals surface area contributed by atoms with Crippen LogP contribution in [0.15, 0.2) is 18.2 Å². The molecule has 1 fully saturated rings. The van der Waals surface area contributed by atoms with Crippen molar-refractivity contribution < 1.29 is 9.53 Å². The summed E-state index contributed by atoms with van der Waals surface area (Å²) in [6, 6.07) is 5.80. The lowest BCUT2D eigenvalue weighted by molar-refractivity contribution is 0.0896. The summed E-state index contributed by atoms with van der Waals surface area (Å²) in [4.78, 5) is 16.3. The third kappa shape index (κ3) is 4.42. The fourth-order valence-corrected chi connectivity index (χ4v) is 3.22. The van der Waals surface area contributed by atoms with Crippen molar-refractivity contribution >= 4 is 11.7 Å². The number of nitrogens with one attached hydrogen (secondary N) is 2. The third-order valence-corrected chi connectivity index (χ3v) is 4.90. The molecule has 27 heavy (non-hydrogen) atoms. The topological polar surface area (TPSA) is 97.2 Å². The van der Waals surface area contributed by atoms with Crippen LogP contribution >= 0.6 is 0 Å². The van der Waals surface area contributed by atoms with E-state index in [1.54, 1.807) is 14.2 Å². The Balaban J connectivity index is 1.69. The van der Waals surface area contributed by atoms with Crippen LogP contribution in [0.4, 0.5) is 10.5 Å². The Morgan fingerprint density at radius 2 is 2.11 bits per heavy atom. The molecule has 2 amide bonds. The third-order valence-electron chi connectivity index (χ3n) is 4.90. The predicted octanol–water partition coefficient (Wildman–Crippen LogP) is 1.41.